The fourth-order valence-electron chi connectivity index (χ4n) is 9.83. The van der Waals surface area contributed by atoms with Crippen molar-refractivity contribution in [2.45, 2.75) is 147 Å². The molecular formula is C103H88O19. The van der Waals surface area contributed by atoms with Crippen LogP contribution in [0.15, 0.2) is 324 Å². The van der Waals surface area contributed by atoms with Gasteiger partial charge in [-0.3, -0.25) is 9.59 Å². The zero-order valence-electron chi connectivity index (χ0n) is 67.9. The predicted molar refractivity (Wildman–Crippen MR) is 446 cm³/mol. The molecule has 0 saturated carbocycles. The number of unbranched alkanes of at least 4 members (excludes halogenated alkanes) is 7. The summed E-state index contributed by atoms with van der Waals surface area (Å²) >= 11 is 0. The predicted octanol–water partition coefficient (Wildman–Crippen LogP) is 15.5. The summed E-state index contributed by atoms with van der Waals surface area (Å²) in [6, 6.07) is 28.7. The number of benzene rings is 4. The average molecular weight is 1630 g/mol. The highest BCUT2D eigenvalue weighted by atomic mass is 16.8. The number of epoxide rings is 7. The van der Waals surface area contributed by atoms with E-state index in [1.165, 1.54) is 68.1 Å². The van der Waals surface area contributed by atoms with Gasteiger partial charge in [0.05, 0.1) is 51.8 Å². The molecule has 7 unspecified atom stereocenters. The molecule has 122 heavy (non-hydrogen) atoms. The Balaban J connectivity index is 0.000000253. The second-order valence-electron chi connectivity index (χ2n) is 26.5. The molecule has 0 radical (unpaired) electrons. The Morgan fingerprint density at radius 2 is 0.803 bits per heavy atom. The summed E-state index contributed by atoms with van der Waals surface area (Å²) < 4.78 is 79.1. The number of para-hydroxylation sites is 2. The largest absolute Gasteiger partial charge is 0.491 e. The number of ether oxygens (including phenoxy) is 15. The number of carbonyl (C=O) groups is 4. The van der Waals surface area contributed by atoms with Crippen LogP contribution in [0.4, 0.5) is 0 Å². The van der Waals surface area contributed by atoms with Crippen molar-refractivity contribution in [2.75, 3.05) is 79.3 Å². The topological polar surface area (TPSA) is 230 Å². The number of carbonyl (C=O) groups excluding carboxylic acids is 4. The van der Waals surface area contributed by atoms with Crippen molar-refractivity contribution in [2.24, 2.45) is 0 Å². The number of allylic oxidation sites excluding steroid dienone is 4. The first kappa shape index (κ1) is 93.1. The standard InChI is InChI=1S/C56H24O8.C23H34O2.C15H18O3.C9H12O6/c1-2-3-4-5-6-7-8-9-10-11-12-13-14-15-16-17-18-19-20-21-22-23-24-25-26-27-28-29-30-31-32-39-54(55(57)63-42-48-35-33-37-50(40-48)59-44-52-46-61-52)56(58)64-43-49-36-34-38-51(41-49)60-45-53-47-62-53;1-2-3-4-5-6-7-8-9-10-11-12-13-14-17-21-18-15-16-19-22(21)25-23-20-24-23;1-2-6-16-15-11(7-13-9-17-13)4-3-5-12(15)8-14-10-18-14;10-8(14-4-6-2-12-6)1-9(11)15-5-7-3-13-7/h33-38,40-41,52-53H,1,42-47H2;2-3,5-6,15-16,18-19,23H,4,7-14,17,20H2,1H3;2-5,13-14H,1,6-10H2;6-7H,1-5H2/b;3-2+,6-5+;;. The van der Waals surface area contributed by atoms with Crippen molar-refractivity contribution < 1.29 is 90.2 Å². The molecule has 0 bridgehead atoms. The van der Waals surface area contributed by atoms with Crippen molar-refractivity contribution in [1.29, 1.82) is 0 Å². The molecule has 4 aromatic rings. The van der Waals surface area contributed by atoms with Gasteiger partial charge in [0, 0.05) is 93.1 Å². The molecule has 7 aliphatic rings. The molecule has 11 rings (SSSR count). The molecule has 0 aromatic heterocycles. The van der Waals surface area contributed by atoms with E-state index in [1.807, 2.05) is 6.07 Å². The minimum atomic E-state index is -0.997. The zero-order chi connectivity index (χ0) is 85.6. The van der Waals surface area contributed by atoms with E-state index in [1.54, 1.807) is 54.6 Å². The minimum absolute atomic E-state index is 0.000829. The van der Waals surface area contributed by atoms with Gasteiger partial charge in [0.15, 0.2) is 5.57 Å². The van der Waals surface area contributed by atoms with Crippen molar-refractivity contribution >= 4 is 23.9 Å². The van der Waals surface area contributed by atoms with Crippen molar-refractivity contribution in [1.82, 2.24) is 0 Å². The number of rotatable bonds is 39. The van der Waals surface area contributed by atoms with E-state index in [4.69, 9.17) is 71.1 Å². The van der Waals surface area contributed by atoms with Crippen LogP contribution in [0.25, 0.3) is 0 Å². The smallest absolute Gasteiger partial charge is 0.354 e. The summed E-state index contributed by atoms with van der Waals surface area (Å²) in [5.41, 5.74) is 83.9. The SMILES string of the molecule is C/C=C/C/C=C/CCCCCCCCCc1ccccc1OC1CO1.C=C=C=C=C=C=C=C=C=C=C=C=C=C=C=C=C=C=C=C=C=C=C=C=C=C=C=C=C=C=C=C=C=C(C(=O)OCc1cccc(OCC2CO2)c1)C(=O)OCc1cccc(OCC2CO2)c1.C=CCOc1c(CC2CO2)cccc1CC1CO1.O=C(CC(=O)OCC1CO1)OCC1CO1. The Morgan fingerprint density at radius 3 is 1.22 bits per heavy atom. The highest BCUT2D eigenvalue weighted by Gasteiger charge is 2.31. The normalized spacial score (nSPS) is 16.3. The van der Waals surface area contributed by atoms with E-state index in [-0.39, 0.29) is 63.6 Å². The first-order chi connectivity index (χ1) is 60.1. The quantitative estimate of drug-likeness (QED) is 0.00465. The lowest BCUT2D eigenvalue weighted by molar-refractivity contribution is -0.155. The third kappa shape index (κ3) is 46.5. The summed E-state index contributed by atoms with van der Waals surface area (Å²) in [7, 11) is 0. The number of esters is 4. The van der Waals surface area contributed by atoms with Gasteiger partial charge in [-0.2, -0.15) is 0 Å². The van der Waals surface area contributed by atoms with Crippen LogP contribution in [0, 0.1) is 0 Å². The lowest BCUT2D eigenvalue weighted by Gasteiger charge is -2.14. The Kier molecular flexibility index (Phi) is 44.6. The third-order valence-corrected chi connectivity index (χ3v) is 16.4. The molecule has 19 nitrogen and oxygen atoms in total. The fraction of sp³-hybridized carbons (Fsp3) is 0.340. The molecule has 4 aromatic carbocycles. The lowest BCUT2D eigenvalue weighted by Crippen LogP contribution is -2.18. The van der Waals surface area contributed by atoms with Crippen molar-refractivity contribution in [3.63, 3.8) is 0 Å². The molecule has 19 heteroatoms. The van der Waals surface area contributed by atoms with Crippen molar-refractivity contribution in [3.8, 4) is 23.0 Å². The second-order valence-corrected chi connectivity index (χ2v) is 26.5. The summed E-state index contributed by atoms with van der Waals surface area (Å²) in [4.78, 5) is 48.2. The molecule has 0 amide bonds. The van der Waals surface area contributed by atoms with Gasteiger partial charge in [-0.05, 0) is 201 Å². The maximum Gasteiger partial charge on any atom is 0.354 e. The van der Waals surface area contributed by atoms with Crippen LogP contribution < -0.4 is 18.9 Å². The van der Waals surface area contributed by atoms with Crippen LogP contribution in [-0.2, 0) is 104 Å². The zero-order valence-corrected chi connectivity index (χ0v) is 67.9. The van der Waals surface area contributed by atoms with E-state index in [2.05, 4.69) is 264 Å². The highest BCUT2D eigenvalue weighted by Crippen LogP contribution is 2.32. The number of hydrogen-bond donors (Lipinski definition) is 0. The molecule has 614 valence electrons. The Labute approximate surface area is 710 Å². The Morgan fingerprint density at radius 1 is 0.410 bits per heavy atom. The van der Waals surface area contributed by atoms with E-state index >= 15 is 0 Å². The minimum Gasteiger partial charge on any atom is -0.491 e. The van der Waals surface area contributed by atoms with Gasteiger partial charge in [-0.15, -0.1) is 0 Å². The van der Waals surface area contributed by atoms with Crippen LogP contribution in [-0.4, -0.2) is 146 Å². The van der Waals surface area contributed by atoms with Gasteiger partial charge >= 0.3 is 23.9 Å². The van der Waals surface area contributed by atoms with E-state index < -0.39 is 29.5 Å². The van der Waals surface area contributed by atoms with Gasteiger partial charge in [-0.1, -0.05) is 135 Å². The molecule has 7 heterocycles. The van der Waals surface area contributed by atoms with Gasteiger partial charge in [0.25, 0.3) is 0 Å². The van der Waals surface area contributed by atoms with Gasteiger partial charge in [-0.25, -0.2) is 9.59 Å². The maximum absolute atomic E-state index is 13.1. The van der Waals surface area contributed by atoms with E-state index in [0.717, 1.165) is 57.0 Å². The lowest BCUT2D eigenvalue weighted by atomic mass is 10.0. The summed E-state index contributed by atoms with van der Waals surface area (Å²) in [5.74, 6) is 0.0353. The number of aryl methyl sites for hydroxylation is 1. The van der Waals surface area contributed by atoms with Crippen molar-refractivity contribution in [3.05, 3.63) is 351 Å². The molecule has 7 saturated heterocycles. The molecule has 7 fully saturated rings. The van der Waals surface area contributed by atoms with Gasteiger partial charge in [0.2, 0.25) is 6.29 Å². The van der Waals surface area contributed by atoms with Crippen LogP contribution in [0.1, 0.15) is 98.9 Å². The maximum atomic E-state index is 13.1. The Bertz CT molecular complexity index is 5590. The van der Waals surface area contributed by atoms with Crippen LogP contribution in [0.2, 0.25) is 0 Å². The number of hydrogen-bond acceptors (Lipinski definition) is 19. The van der Waals surface area contributed by atoms with Gasteiger partial charge < -0.3 is 71.1 Å². The van der Waals surface area contributed by atoms with Crippen LogP contribution in [0.3, 0.4) is 0 Å². The van der Waals surface area contributed by atoms with Crippen LogP contribution >= 0.6 is 0 Å². The van der Waals surface area contributed by atoms with Gasteiger partial charge in [0.1, 0.15) is 107 Å². The summed E-state index contributed by atoms with van der Waals surface area (Å²) in [6.07, 6.45) is 26.0. The first-order valence-corrected chi connectivity index (χ1v) is 39.5. The monoisotopic (exact) mass is 1630 g/mol. The fourth-order valence-corrected chi connectivity index (χ4v) is 9.83. The molecule has 0 aliphatic carbocycles. The van der Waals surface area contributed by atoms with E-state index in [0.29, 0.717) is 81.1 Å². The summed E-state index contributed by atoms with van der Waals surface area (Å²) in [5, 5.41) is 0. The Hall–Kier alpha value is -14.4. The third-order valence-electron chi connectivity index (χ3n) is 16.4. The molecule has 0 spiro atoms. The molecular weight excluding hydrogens is 1540 g/mol. The first-order valence-electron chi connectivity index (χ1n) is 39.5. The highest BCUT2D eigenvalue weighted by molar-refractivity contribution is 6.13. The molecule has 7 atom stereocenters. The van der Waals surface area contributed by atoms with Crippen LogP contribution in [0.5, 0.6) is 23.0 Å². The molecule has 0 N–H and O–H groups in total. The average Bonchev–Trinajstić information content (AvgIpc) is 1.29. The molecule has 7 aliphatic heterocycles. The summed E-state index contributed by atoms with van der Waals surface area (Å²) in [6.45, 7) is 15.6. The van der Waals surface area contributed by atoms with E-state index in [9.17, 15) is 19.2 Å². The second kappa shape index (κ2) is 58.5.